The van der Waals surface area contributed by atoms with Gasteiger partial charge < -0.3 is 18.9 Å². The van der Waals surface area contributed by atoms with Crippen molar-refractivity contribution in [1.82, 2.24) is 0 Å². The van der Waals surface area contributed by atoms with Crippen molar-refractivity contribution in [3.8, 4) is 0 Å². The van der Waals surface area contributed by atoms with E-state index in [0.29, 0.717) is 17.4 Å². The SMILES string of the molecule is CCCCCCCCCC/C=C\CCCCCCCCCC(=O)O[C@H](CO/C=C\CCCCCCCCCCCCCC)COP(=O)(O)OCC[N+](C)(C)C. The monoisotopic (exact) mass is 801 g/mol. The molecule has 9 heteroatoms. The summed E-state index contributed by atoms with van der Waals surface area (Å²) in [6.45, 7) is 4.95. The van der Waals surface area contributed by atoms with Gasteiger partial charge in [0.15, 0.2) is 6.10 Å². The summed E-state index contributed by atoms with van der Waals surface area (Å²) in [5.41, 5.74) is 0. The van der Waals surface area contributed by atoms with Gasteiger partial charge in [0, 0.05) is 6.42 Å². The van der Waals surface area contributed by atoms with E-state index in [0.717, 1.165) is 32.1 Å². The number of ether oxygens (including phenoxy) is 2. The van der Waals surface area contributed by atoms with Crippen molar-refractivity contribution in [2.75, 3.05) is 47.5 Å². The van der Waals surface area contributed by atoms with Gasteiger partial charge in [0.25, 0.3) is 0 Å². The molecule has 0 saturated heterocycles. The van der Waals surface area contributed by atoms with Crippen molar-refractivity contribution in [2.24, 2.45) is 0 Å². The number of unbranched alkanes of at least 4 members (excludes halogenated alkanes) is 27. The van der Waals surface area contributed by atoms with Gasteiger partial charge in [-0.15, -0.1) is 0 Å². The summed E-state index contributed by atoms with van der Waals surface area (Å²) >= 11 is 0. The summed E-state index contributed by atoms with van der Waals surface area (Å²) in [5.74, 6) is -0.338. The first kappa shape index (κ1) is 53.8. The van der Waals surface area contributed by atoms with Gasteiger partial charge in [-0.25, -0.2) is 4.57 Å². The minimum atomic E-state index is -4.29. The van der Waals surface area contributed by atoms with Crippen LogP contribution in [0.5, 0.6) is 0 Å². The molecule has 0 bridgehead atoms. The maximum absolute atomic E-state index is 12.7. The van der Waals surface area contributed by atoms with Crippen LogP contribution in [0.4, 0.5) is 0 Å². The van der Waals surface area contributed by atoms with Gasteiger partial charge in [0.1, 0.15) is 19.8 Å². The maximum Gasteiger partial charge on any atom is 0.472 e. The molecule has 0 rings (SSSR count). The van der Waals surface area contributed by atoms with Gasteiger partial charge in [-0.1, -0.05) is 174 Å². The van der Waals surface area contributed by atoms with Crippen LogP contribution in [0.3, 0.4) is 0 Å². The zero-order chi connectivity index (χ0) is 40.6. The van der Waals surface area contributed by atoms with Crippen molar-refractivity contribution in [3.63, 3.8) is 0 Å². The molecule has 0 heterocycles. The van der Waals surface area contributed by atoms with Gasteiger partial charge in [-0.3, -0.25) is 13.8 Å². The number of allylic oxidation sites excluding steroid dienone is 3. The Morgan fingerprint density at radius 1 is 0.564 bits per heavy atom. The van der Waals surface area contributed by atoms with Gasteiger partial charge >= 0.3 is 13.8 Å². The maximum atomic E-state index is 12.7. The fraction of sp³-hybridized carbons (Fsp3) is 0.891. The molecule has 0 radical (unpaired) electrons. The number of likely N-dealkylation sites (N-methyl/N-ethyl adjacent to an activating group) is 1. The van der Waals surface area contributed by atoms with Crippen molar-refractivity contribution in [3.05, 3.63) is 24.5 Å². The highest BCUT2D eigenvalue weighted by molar-refractivity contribution is 7.47. The van der Waals surface area contributed by atoms with Crippen LogP contribution >= 0.6 is 7.82 Å². The molecule has 0 fully saturated rings. The third-order valence-electron chi connectivity index (χ3n) is 10.1. The van der Waals surface area contributed by atoms with E-state index in [1.165, 1.54) is 161 Å². The normalized spacial score (nSPS) is 13.9. The summed E-state index contributed by atoms with van der Waals surface area (Å²) in [4.78, 5) is 22.9. The van der Waals surface area contributed by atoms with Crippen LogP contribution in [0, 0.1) is 0 Å². The van der Waals surface area contributed by atoms with Gasteiger partial charge in [-0.2, -0.15) is 0 Å². The fourth-order valence-corrected chi connectivity index (χ4v) is 7.20. The first-order valence-electron chi connectivity index (χ1n) is 23.1. The first-order chi connectivity index (χ1) is 26.6. The van der Waals surface area contributed by atoms with Crippen LogP contribution in [0.1, 0.15) is 213 Å². The third-order valence-corrected chi connectivity index (χ3v) is 11.1. The van der Waals surface area contributed by atoms with E-state index in [1.807, 2.05) is 27.2 Å². The Kier molecular flexibility index (Phi) is 38.8. The highest BCUT2D eigenvalue weighted by Crippen LogP contribution is 2.43. The average Bonchev–Trinajstić information content (AvgIpc) is 3.13. The molecule has 0 spiro atoms. The van der Waals surface area contributed by atoms with Crippen LogP contribution in [0.15, 0.2) is 24.5 Å². The number of esters is 1. The van der Waals surface area contributed by atoms with E-state index in [4.69, 9.17) is 18.5 Å². The lowest BCUT2D eigenvalue weighted by Crippen LogP contribution is -2.37. The molecule has 8 nitrogen and oxygen atoms in total. The van der Waals surface area contributed by atoms with Crippen molar-refractivity contribution >= 4 is 13.8 Å². The van der Waals surface area contributed by atoms with E-state index < -0.39 is 13.9 Å². The number of rotatable bonds is 43. The van der Waals surface area contributed by atoms with Crippen molar-refractivity contribution in [2.45, 2.75) is 219 Å². The third kappa shape index (κ3) is 43.8. The lowest BCUT2D eigenvalue weighted by atomic mass is 10.0. The highest BCUT2D eigenvalue weighted by atomic mass is 31.2. The Bertz CT molecular complexity index is 936. The van der Waals surface area contributed by atoms with E-state index in [1.54, 1.807) is 6.26 Å². The molecular formula is C46H91NO7P+. The van der Waals surface area contributed by atoms with E-state index in [2.05, 4.69) is 26.0 Å². The minimum Gasteiger partial charge on any atom is -0.498 e. The summed E-state index contributed by atoms with van der Waals surface area (Å²) < 4.78 is 34.8. The van der Waals surface area contributed by atoms with Crippen LogP contribution in [0.2, 0.25) is 0 Å². The van der Waals surface area contributed by atoms with Crippen molar-refractivity contribution < 1.29 is 37.3 Å². The largest absolute Gasteiger partial charge is 0.498 e. The summed E-state index contributed by atoms with van der Waals surface area (Å²) in [6.07, 6.45) is 45.9. The molecule has 1 N–H and O–H groups in total. The second-order valence-corrected chi connectivity index (χ2v) is 18.3. The Hall–Kier alpha value is -1.18. The molecule has 0 saturated carbocycles. The molecule has 1 unspecified atom stereocenters. The lowest BCUT2D eigenvalue weighted by molar-refractivity contribution is -0.870. The Labute approximate surface area is 341 Å². The number of carbonyl (C=O) groups is 1. The minimum absolute atomic E-state index is 0.0496. The zero-order valence-electron chi connectivity index (χ0n) is 36.9. The predicted molar refractivity (Wildman–Crippen MR) is 233 cm³/mol. The Morgan fingerprint density at radius 2 is 0.964 bits per heavy atom. The molecule has 0 aromatic carbocycles. The van der Waals surface area contributed by atoms with Crippen LogP contribution < -0.4 is 0 Å². The predicted octanol–water partition coefficient (Wildman–Crippen LogP) is 14.0. The molecule has 2 atom stereocenters. The molecule has 55 heavy (non-hydrogen) atoms. The van der Waals surface area contributed by atoms with Gasteiger partial charge in [0.05, 0.1) is 34.0 Å². The van der Waals surface area contributed by atoms with E-state index in [-0.39, 0.29) is 25.8 Å². The molecule has 0 aliphatic heterocycles. The number of nitrogens with zero attached hydrogens (tertiary/aromatic N) is 1. The van der Waals surface area contributed by atoms with Crippen molar-refractivity contribution in [1.29, 1.82) is 0 Å². The second-order valence-electron chi connectivity index (χ2n) is 16.9. The number of phosphoric acid groups is 1. The Balaban J connectivity index is 4.23. The number of hydrogen-bond acceptors (Lipinski definition) is 6. The highest BCUT2D eigenvalue weighted by Gasteiger charge is 2.26. The number of phosphoric ester groups is 1. The van der Waals surface area contributed by atoms with E-state index >= 15 is 0 Å². The van der Waals surface area contributed by atoms with Crippen LogP contribution in [0.25, 0.3) is 0 Å². The number of quaternary nitrogens is 1. The molecule has 0 amide bonds. The number of hydrogen-bond donors (Lipinski definition) is 1. The lowest BCUT2D eigenvalue weighted by Gasteiger charge is -2.24. The molecule has 326 valence electrons. The zero-order valence-corrected chi connectivity index (χ0v) is 37.8. The quantitative estimate of drug-likeness (QED) is 0.0164. The summed E-state index contributed by atoms with van der Waals surface area (Å²) in [5, 5.41) is 0. The molecule has 0 aliphatic carbocycles. The smallest absolute Gasteiger partial charge is 0.472 e. The van der Waals surface area contributed by atoms with Crippen LogP contribution in [-0.4, -0.2) is 69.0 Å². The summed E-state index contributed by atoms with van der Waals surface area (Å²) in [6, 6.07) is 0. The number of carbonyl (C=O) groups excluding carboxylic acids is 1. The van der Waals surface area contributed by atoms with Gasteiger partial charge in [0.2, 0.25) is 0 Å². The summed E-state index contributed by atoms with van der Waals surface area (Å²) in [7, 11) is 1.64. The molecular weight excluding hydrogens is 709 g/mol. The molecule has 0 aliphatic rings. The molecule has 0 aromatic rings. The first-order valence-corrected chi connectivity index (χ1v) is 24.6. The molecule has 0 aromatic heterocycles. The Morgan fingerprint density at radius 3 is 1.40 bits per heavy atom. The average molecular weight is 801 g/mol. The van der Waals surface area contributed by atoms with E-state index in [9.17, 15) is 14.3 Å². The standard InChI is InChI=1S/C46H90NO7P/c1-6-8-10-12-14-16-18-20-22-23-24-25-26-27-29-31-33-35-37-39-46(48)54-45(44-53-55(49,50)52-42-40-47(3,4)5)43-51-41-38-36-34-32-30-28-21-19-17-15-13-11-9-7-2/h23-24,38,41,45H,6-22,25-37,39-40,42-44H2,1-5H3/p+1/b24-23-,41-38-/t45-/m1/s1. The fourth-order valence-electron chi connectivity index (χ4n) is 6.45. The second kappa shape index (κ2) is 39.6. The topological polar surface area (TPSA) is 91.3 Å². The van der Waals surface area contributed by atoms with Gasteiger partial charge in [-0.05, 0) is 51.0 Å². The van der Waals surface area contributed by atoms with Crippen LogP contribution in [-0.2, 0) is 27.9 Å².